The average molecular weight is 661 g/mol. The SMILES string of the molecule is CC(C)c1nc(N)nc(Cl)n1.CC(C)c1nc(N)nc(NC2CCN(c3ccccc3)C2=O)n1.NC1CCN(c2ccccc2)C1=O. The van der Waals surface area contributed by atoms with Gasteiger partial charge in [-0.1, -0.05) is 64.1 Å². The Hall–Kier alpha value is -4.95. The molecule has 2 amide bonds. The number of nitrogens with zero attached hydrogens (tertiary/aromatic N) is 8. The summed E-state index contributed by atoms with van der Waals surface area (Å²) in [5.74, 6) is 2.35. The van der Waals surface area contributed by atoms with E-state index in [0.717, 1.165) is 24.3 Å². The molecule has 14 nitrogen and oxygen atoms in total. The van der Waals surface area contributed by atoms with Gasteiger partial charge >= 0.3 is 0 Å². The number of hydrogen-bond donors (Lipinski definition) is 4. The van der Waals surface area contributed by atoms with E-state index in [-0.39, 0.29) is 52.9 Å². The van der Waals surface area contributed by atoms with Gasteiger partial charge in [0.05, 0.1) is 6.04 Å². The number of anilines is 5. The van der Waals surface area contributed by atoms with Crippen molar-refractivity contribution in [3.05, 3.63) is 77.6 Å². The van der Waals surface area contributed by atoms with Crippen molar-refractivity contribution in [3.8, 4) is 0 Å². The number of hydrogen-bond acceptors (Lipinski definition) is 12. The predicted octanol–water partition coefficient (Wildman–Crippen LogP) is 3.78. The number of aromatic nitrogens is 6. The first-order chi connectivity index (χ1) is 22.4. The molecule has 4 heterocycles. The lowest BCUT2D eigenvalue weighted by Gasteiger charge is -2.17. The van der Waals surface area contributed by atoms with Crippen LogP contribution in [0.1, 0.15) is 64.0 Å². The Labute approximate surface area is 279 Å². The van der Waals surface area contributed by atoms with Gasteiger partial charge in [0.1, 0.15) is 17.7 Å². The summed E-state index contributed by atoms with van der Waals surface area (Å²) in [6.07, 6.45) is 1.45. The number of benzene rings is 2. The number of carbonyl (C=O) groups excluding carboxylic acids is 2. The summed E-state index contributed by atoms with van der Waals surface area (Å²) < 4.78 is 0. The van der Waals surface area contributed by atoms with Crippen LogP contribution in [0.2, 0.25) is 5.28 Å². The summed E-state index contributed by atoms with van der Waals surface area (Å²) in [4.78, 5) is 51.6. The molecular formula is C32H41ClN12O2. The first-order valence-electron chi connectivity index (χ1n) is 15.4. The van der Waals surface area contributed by atoms with Crippen LogP contribution >= 0.6 is 11.6 Å². The number of nitrogens with one attached hydrogen (secondary N) is 1. The van der Waals surface area contributed by atoms with Gasteiger partial charge in [-0.05, 0) is 48.7 Å². The zero-order chi connectivity index (χ0) is 34.1. The van der Waals surface area contributed by atoms with Gasteiger partial charge in [-0.25, -0.2) is 4.98 Å². The van der Waals surface area contributed by atoms with Crippen molar-refractivity contribution in [2.75, 3.05) is 39.7 Å². The molecule has 2 atom stereocenters. The van der Waals surface area contributed by atoms with E-state index < -0.39 is 0 Å². The first-order valence-corrected chi connectivity index (χ1v) is 15.7. The molecule has 15 heteroatoms. The topological polar surface area (TPSA) is 208 Å². The highest BCUT2D eigenvalue weighted by molar-refractivity contribution is 6.28. The lowest BCUT2D eigenvalue weighted by Crippen LogP contribution is -2.34. The summed E-state index contributed by atoms with van der Waals surface area (Å²) >= 11 is 5.55. The van der Waals surface area contributed by atoms with Crippen molar-refractivity contribution in [1.29, 1.82) is 0 Å². The van der Waals surface area contributed by atoms with Crippen LogP contribution in [0.5, 0.6) is 0 Å². The van der Waals surface area contributed by atoms with E-state index in [2.05, 4.69) is 35.2 Å². The fourth-order valence-electron chi connectivity index (χ4n) is 4.77. The van der Waals surface area contributed by atoms with Crippen molar-refractivity contribution in [2.45, 2.75) is 64.5 Å². The zero-order valence-electron chi connectivity index (χ0n) is 26.9. The molecule has 248 valence electrons. The number of nitrogen functional groups attached to an aromatic ring is 2. The van der Waals surface area contributed by atoms with E-state index in [1.807, 2.05) is 88.4 Å². The van der Waals surface area contributed by atoms with Gasteiger partial charge in [0.2, 0.25) is 34.9 Å². The molecule has 0 spiro atoms. The smallest absolute Gasteiger partial charge is 0.249 e. The molecule has 0 bridgehead atoms. The van der Waals surface area contributed by atoms with Gasteiger partial charge in [-0.2, -0.15) is 24.9 Å². The third kappa shape index (κ3) is 9.53. The van der Waals surface area contributed by atoms with Gasteiger partial charge < -0.3 is 32.3 Å². The number of halogens is 1. The predicted molar refractivity (Wildman–Crippen MR) is 184 cm³/mol. The molecular weight excluding hydrogens is 620 g/mol. The van der Waals surface area contributed by atoms with Crippen LogP contribution in [-0.2, 0) is 9.59 Å². The van der Waals surface area contributed by atoms with Gasteiger partial charge in [0.15, 0.2) is 0 Å². The monoisotopic (exact) mass is 660 g/mol. The quantitative estimate of drug-likeness (QED) is 0.233. The minimum absolute atomic E-state index is 0.0151. The molecule has 47 heavy (non-hydrogen) atoms. The lowest BCUT2D eigenvalue weighted by molar-refractivity contribution is -0.118. The molecule has 4 aromatic rings. The van der Waals surface area contributed by atoms with Crippen LogP contribution in [0.15, 0.2) is 60.7 Å². The normalized spacial score (nSPS) is 17.4. The van der Waals surface area contributed by atoms with E-state index in [1.54, 1.807) is 9.80 Å². The van der Waals surface area contributed by atoms with E-state index in [9.17, 15) is 9.59 Å². The number of rotatable bonds is 6. The molecule has 0 saturated carbocycles. The number of para-hydroxylation sites is 2. The maximum absolute atomic E-state index is 12.6. The summed E-state index contributed by atoms with van der Waals surface area (Å²) in [6.45, 7) is 9.30. The van der Waals surface area contributed by atoms with Gasteiger partial charge in [0, 0.05) is 36.3 Å². The summed E-state index contributed by atoms with van der Waals surface area (Å²) in [6, 6.07) is 18.6. The maximum atomic E-state index is 12.6. The number of carbonyl (C=O) groups is 2. The minimum atomic E-state index is -0.350. The third-order valence-electron chi connectivity index (χ3n) is 7.24. The molecule has 2 aromatic carbocycles. The molecule has 2 aliphatic heterocycles. The van der Waals surface area contributed by atoms with Crippen LogP contribution < -0.4 is 32.3 Å². The summed E-state index contributed by atoms with van der Waals surface area (Å²) in [7, 11) is 0. The Bertz CT molecular complexity index is 1620. The largest absolute Gasteiger partial charge is 0.368 e. The third-order valence-corrected chi connectivity index (χ3v) is 7.41. The van der Waals surface area contributed by atoms with Crippen LogP contribution in [0, 0.1) is 0 Å². The van der Waals surface area contributed by atoms with Crippen molar-refractivity contribution in [1.82, 2.24) is 29.9 Å². The van der Waals surface area contributed by atoms with Crippen LogP contribution in [0.3, 0.4) is 0 Å². The highest BCUT2D eigenvalue weighted by Crippen LogP contribution is 2.23. The molecule has 2 saturated heterocycles. The molecule has 2 unspecified atom stereocenters. The fraction of sp³-hybridized carbons (Fsp3) is 0.375. The maximum Gasteiger partial charge on any atom is 0.249 e. The Morgan fingerprint density at radius 1 is 0.702 bits per heavy atom. The molecule has 0 aliphatic carbocycles. The Morgan fingerprint density at radius 3 is 1.68 bits per heavy atom. The number of nitrogens with two attached hydrogens (primary N) is 3. The summed E-state index contributed by atoms with van der Waals surface area (Å²) in [5, 5.41) is 3.25. The van der Waals surface area contributed by atoms with Crippen LogP contribution in [0.4, 0.5) is 29.2 Å². The Kier molecular flexibility index (Phi) is 11.9. The molecule has 2 fully saturated rings. The average Bonchev–Trinajstić information content (AvgIpc) is 3.58. The fourth-order valence-corrected chi connectivity index (χ4v) is 4.95. The van der Waals surface area contributed by atoms with Gasteiger partial charge in [-0.3, -0.25) is 9.59 Å². The zero-order valence-corrected chi connectivity index (χ0v) is 27.7. The standard InChI is InChI=1S/C16H20N6O.C10H12N2O.C6H9ClN4/c1-10(2)13-19-15(17)21-16(20-13)18-12-8-9-22(14(12)23)11-6-4-3-5-7-11;11-9-6-7-12(10(9)13)8-4-2-1-3-5-8;1-3(2)4-9-5(7)11-6(8)10-4/h3-7,10,12H,8-9H2,1-2H3,(H3,17,18,19,20,21);1-5,9H,6-7,11H2;3H,1-2H3,(H2,8,9,10,11). The van der Waals surface area contributed by atoms with E-state index >= 15 is 0 Å². The highest BCUT2D eigenvalue weighted by atomic mass is 35.5. The van der Waals surface area contributed by atoms with E-state index in [1.165, 1.54) is 0 Å². The molecule has 0 radical (unpaired) electrons. The minimum Gasteiger partial charge on any atom is -0.368 e. The van der Waals surface area contributed by atoms with Crippen molar-refractivity contribution in [3.63, 3.8) is 0 Å². The van der Waals surface area contributed by atoms with Crippen molar-refractivity contribution >= 4 is 52.6 Å². The van der Waals surface area contributed by atoms with E-state index in [0.29, 0.717) is 30.6 Å². The highest BCUT2D eigenvalue weighted by Gasteiger charge is 2.33. The van der Waals surface area contributed by atoms with Gasteiger partial charge in [0.25, 0.3) is 0 Å². The van der Waals surface area contributed by atoms with Crippen LogP contribution in [-0.4, -0.2) is 66.9 Å². The molecule has 2 aliphatic rings. The first kappa shape index (κ1) is 34.9. The van der Waals surface area contributed by atoms with Gasteiger partial charge in [-0.15, -0.1) is 0 Å². The summed E-state index contributed by atoms with van der Waals surface area (Å²) in [5.41, 5.74) is 18.5. The van der Waals surface area contributed by atoms with Crippen molar-refractivity contribution < 1.29 is 9.59 Å². The lowest BCUT2D eigenvalue weighted by atomic mass is 10.2. The van der Waals surface area contributed by atoms with Crippen molar-refractivity contribution in [2.24, 2.45) is 5.73 Å². The molecule has 6 rings (SSSR count). The second-order valence-electron chi connectivity index (χ2n) is 11.5. The number of amides is 2. The Balaban J connectivity index is 0.000000176. The van der Waals surface area contributed by atoms with Crippen LogP contribution in [0.25, 0.3) is 0 Å². The second kappa shape index (κ2) is 16.1. The molecule has 2 aromatic heterocycles. The van der Waals surface area contributed by atoms with E-state index in [4.69, 9.17) is 28.8 Å². The Morgan fingerprint density at radius 2 is 1.19 bits per heavy atom. The molecule has 7 N–H and O–H groups in total. The second-order valence-corrected chi connectivity index (χ2v) is 11.9.